The number of aliphatic imine (C=N–C) groups is 1. The molecule has 2 aliphatic heterocycles. The second kappa shape index (κ2) is 11.0. The van der Waals surface area contributed by atoms with Gasteiger partial charge in [-0.2, -0.15) is 0 Å². The minimum absolute atomic E-state index is 0.610. The van der Waals surface area contributed by atoms with Crippen LogP contribution in [0.25, 0.3) is 0 Å². The van der Waals surface area contributed by atoms with Crippen molar-refractivity contribution >= 4 is 5.96 Å². The fourth-order valence-corrected chi connectivity index (χ4v) is 4.86. The van der Waals surface area contributed by atoms with E-state index in [4.69, 9.17) is 9.73 Å². The Kier molecular flexibility index (Phi) is 8.37. The number of piperidine rings is 1. The number of rotatable bonds is 7. The van der Waals surface area contributed by atoms with E-state index in [1.807, 2.05) is 0 Å². The lowest BCUT2D eigenvalue weighted by Crippen LogP contribution is -2.41. The van der Waals surface area contributed by atoms with Crippen LogP contribution in [0.1, 0.15) is 44.7 Å². The van der Waals surface area contributed by atoms with Crippen LogP contribution in [-0.4, -0.2) is 62.2 Å². The van der Waals surface area contributed by atoms with Crippen molar-refractivity contribution in [3.8, 4) is 0 Å². The normalized spacial score (nSPS) is 25.9. The number of benzene rings is 1. The summed E-state index contributed by atoms with van der Waals surface area (Å²) in [5.74, 6) is 3.18. The summed E-state index contributed by atoms with van der Waals surface area (Å²) in [6.07, 6.45) is 2.51. The number of likely N-dealkylation sites (tertiary alicyclic amines) is 1. The molecule has 2 fully saturated rings. The summed E-state index contributed by atoms with van der Waals surface area (Å²) >= 11 is 0. The van der Waals surface area contributed by atoms with Gasteiger partial charge in [-0.05, 0) is 42.7 Å². The highest BCUT2D eigenvalue weighted by Gasteiger charge is 2.22. The van der Waals surface area contributed by atoms with Gasteiger partial charge in [-0.1, -0.05) is 38.1 Å². The summed E-state index contributed by atoms with van der Waals surface area (Å²) in [6.45, 7) is 14.7. The van der Waals surface area contributed by atoms with Crippen molar-refractivity contribution in [1.29, 1.82) is 0 Å². The van der Waals surface area contributed by atoms with E-state index in [1.54, 1.807) is 0 Å². The van der Waals surface area contributed by atoms with E-state index in [0.717, 1.165) is 63.6 Å². The molecule has 2 saturated heterocycles. The summed E-state index contributed by atoms with van der Waals surface area (Å²) in [4.78, 5) is 9.87. The highest BCUT2D eigenvalue weighted by Crippen LogP contribution is 2.23. The van der Waals surface area contributed by atoms with Gasteiger partial charge < -0.3 is 15.0 Å². The summed E-state index contributed by atoms with van der Waals surface area (Å²) in [5, 5.41) is 3.46. The fourth-order valence-electron chi connectivity index (χ4n) is 4.86. The number of hydrogen-bond donors (Lipinski definition) is 1. The fraction of sp³-hybridized carbons (Fsp3) is 0.708. The third kappa shape index (κ3) is 6.71. The van der Waals surface area contributed by atoms with Crippen molar-refractivity contribution in [3.63, 3.8) is 0 Å². The topological polar surface area (TPSA) is 40.1 Å². The van der Waals surface area contributed by atoms with Gasteiger partial charge in [0.05, 0.1) is 13.2 Å². The van der Waals surface area contributed by atoms with Gasteiger partial charge in [-0.3, -0.25) is 4.90 Å². The molecule has 1 aromatic carbocycles. The molecule has 162 valence electrons. The molecule has 2 aliphatic rings. The Balaban J connectivity index is 1.65. The average Bonchev–Trinajstić information content (AvgIpc) is 3.18. The third-order valence-electron chi connectivity index (χ3n) is 6.11. The van der Waals surface area contributed by atoms with Crippen LogP contribution in [-0.2, 0) is 17.8 Å². The molecule has 5 nitrogen and oxygen atoms in total. The van der Waals surface area contributed by atoms with Gasteiger partial charge in [-0.25, -0.2) is 4.99 Å². The van der Waals surface area contributed by atoms with E-state index >= 15 is 0 Å². The molecular formula is C24H40N4O. The molecule has 0 bridgehead atoms. The van der Waals surface area contributed by atoms with Gasteiger partial charge in [0.1, 0.15) is 0 Å². The Morgan fingerprint density at radius 3 is 2.59 bits per heavy atom. The van der Waals surface area contributed by atoms with Crippen molar-refractivity contribution in [1.82, 2.24) is 15.1 Å². The molecule has 0 amide bonds. The lowest BCUT2D eigenvalue weighted by molar-refractivity contribution is 0.134. The Hall–Kier alpha value is -1.59. The lowest BCUT2D eigenvalue weighted by atomic mass is 9.91. The van der Waals surface area contributed by atoms with E-state index < -0.39 is 0 Å². The molecular weight excluding hydrogens is 360 g/mol. The second-order valence-electron chi connectivity index (χ2n) is 9.19. The largest absolute Gasteiger partial charge is 0.381 e. The van der Waals surface area contributed by atoms with E-state index in [9.17, 15) is 0 Å². The van der Waals surface area contributed by atoms with E-state index in [-0.39, 0.29) is 0 Å². The monoisotopic (exact) mass is 400 g/mol. The first-order chi connectivity index (χ1) is 14.0. The lowest BCUT2D eigenvalue weighted by Gasteiger charge is -2.35. The molecule has 0 aliphatic carbocycles. The van der Waals surface area contributed by atoms with Crippen molar-refractivity contribution in [2.24, 2.45) is 22.7 Å². The molecule has 1 aromatic rings. The van der Waals surface area contributed by atoms with Crippen LogP contribution in [0, 0.1) is 17.8 Å². The number of guanidine groups is 1. The Bertz CT molecular complexity index is 646. The molecule has 1 N–H and O–H groups in total. The second-order valence-corrected chi connectivity index (χ2v) is 9.19. The molecule has 29 heavy (non-hydrogen) atoms. The van der Waals surface area contributed by atoms with Gasteiger partial charge in [-0.15, -0.1) is 0 Å². The minimum Gasteiger partial charge on any atom is -0.381 e. The third-order valence-corrected chi connectivity index (χ3v) is 6.11. The predicted octanol–water partition coefficient (Wildman–Crippen LogP) is 3.60. The van der Waals surface area contributed by atoms with Gasteiger partial charge in [0.15, 0.2) is 5.96 Å². The standard InChI is InChI=1S/C24H40N4O/c1-5-25-24(27(4)16-21-10-11-29-18-21)26-13-22-8-6-7-9-23(22)17-28-14-19(2)12-20(3)15-28/h6-9,19-21H,5,10-18H2,1-4H3,(H,25,26). The van der Waals surface area contributed by atoms with Crippen LogP contribution in [0.2, 0.25) is 0 Å². The van der Waals surface area contributed by atoms with Gasteiger partial charge in [0.2, 0.25) is 0 Å². The molecule has 0 saturated carbocycles. The molecule has 3 rings (SSSR count). The van der Waals surface area contributed by atoms with Crippen LogP contribution < -0.4 is 5.32 Å². The Morgan fingerprint density at radius 1 is 1.21 bits per heavy atom. The van der Waals surface area contributed by atoms with E-state index in [2.05, 4.69) is 67.2 Å². The molecule has 0 aromatic heterocycles. The number of nitrogens with zero attached hydrogens (tertiary/aromatic N) is 3. The summed E-state index contributed by atoms with van der Waals surface area (Å²) in [6, 6.07) is 8.82. The quantitative estimate of drug-likeness (QED) is 0.561. The zero-order valence-electron chi connectivity index (χ0n) is 18.9. The van der Waals surface area contributed by atoms with Gasteiger partial charge in [0, 0.05) is 52.3 Å². The highest BCUT2D eigenvalue weighted by atomic mass is 16.5. The zero-order valence-corrected chi connectivity index (χ0v) is 18.9. The summed E-state index contributed by atoms with van der Waals surface area (Å²) in [7, 11) is 2.14. The van der Waals surface area contributed by atoms with Crippen LogP contribution in [0.4, 0.5) is 0 Å². The van der Waals surface area contributed by atoms with Crippen LogP contribution in [0.15, 0.2) is 29.3 Å². The molecule has 2 heterocycles. The summed E-state index contributed by atoms with van der Waals surface area (Å²) in [5.41, 5.74) is 2.76. The van der Waals surface area contributed by atoms with Gasteiger partial charge in [0.25, 0.3) is 0 Å². The average molecular weight is 401 g/mol. The van der Waals surface area contributed by atoms with Crippen LogP contribution >= 0.6 is 0 Å². The van der Waals surface area contributed by atoms with E-state index in [1.165, 1.54) is 30.6 Å². The first-order valence-electron chi connectivity index (χ1n) is 11.4. The van der Waals surface area contributed by atoms with Crippen molar-refractivity contribution in [3.05, 3.63) is 35.4 Å². The van der Waals surface area contributed by atoms with Crippen LogP contribution in [0.5, 0.6) is 0 Å². The summed E-state index contributed by atoms with van der Waals surface area (Å²) < 4.78 is 5.54. The smallest absolute Gasteiger partial charge is 0.193 e. The Labute approximate surface area is 177 Å². The number of hydrogen-bond acceptors (Lipinski definition) is 3. The molecule has 5 heteroatoms. The molecule has 0 spiro atoms. The first-order valence-corrected chi connectivity index (χ1v) is 11.4. The highest BCUT2D eigenvalue weighted by molar-refractivity contribution is 5.79. The first kappa shape index (κ1) is 22.1. The van der Waals surface area contributed by atoms with Crippen molar-refractivity contribution < 1.29 is 4.74 Å². The number of ether oxygens (including phenoxy) is 1. The number of nitrogens with one attached hydrogen (secondary N) is 1. The molecule has 0 radical (unpaired) electrons. The maximum absolute atomic E-state index is 5.54. The zero-order chi connectivity index (χ0) is 20.6. The molecule has 3 atom stereocenters. The maximum atomic E-state index is 5.54. The van der Waals surface area contributed by atoms with Gasteiger partial charge >= 0.3 is 0 Å². The van der Waals surface area contributed by atoms with Crippen LogP contribution in [0.3, 0.4) is 0 Å². The van der Waals surface area contributed by atoms with Crippen molar-refractivity contribution in [2.75, 3.05) is 46.4 Å². The van der Waals surface area contributed by atoms with E-state index in [0.29, 0.717) is 5.92 Å². The Morgan fingerprint density at radius 2 is 1.93 bits per heavy atom. The predicted molar refractivity (Wildman–Crippen MR) is 121 cm³/mol. The molecule has 3 unspecified atom stereocenters. The SMILES string of the molecule is CCNC(=NCc1ccccc1CN1CC(C)CC(C)C1)N(C)CC1CCOC1. The minimum atomic E-state index is 0.610. The van der Waals surface area contributed by atoms with Crippen molar-refractivity contribution in [2.45, 2.75) is 46.7 Å². The maximum Gasteiger partial charge on any atom is 0.193 e.